The minimum Gasteiger partial charge on any atom is -0.338 e. The van der Waals surface area contributed by atoms with Crippen molar-refractivity contribution in [1.29, 1.82) is 0 Å². The summed E-state index contributed by atoms with van der Waals surface area (Å²) in [5.74, 6) is 0.421. The van der Waals surface area contributed by atoms with Gasteiger partial charge in [0.15, 0.2) is 11.0 Å². The fourth-order valence-corrected chi connectivity index (χ4v) is 4.69. The predicted octanol–water partition coefficient (Wildman–Crippen LogP) is 4.25. The van der Waals surface area contributed by atoms with Gasteiger partial charge in [0.1, 0.15) is 5.82 Å². The van der Waals surface area contributed by atoms with E-state index < -0.39 is 0 Å². The third kappa shape index (κ3) is 3.92. The van der Waals surface area contributed by atoms with Crippen molar-refractivity contribution in [2.24, 2.45) is 7.05 Å². The van der Waals surface area contributed by atoms with Gasteiger partial charge in [-0.3, -0.25) is 4.79 Å². The minimum atomic E-state index is -0.341. The van der Waals surface area contributed by atoms with Crippen molar-refractivity contribution in [3.05, 3.63) is 65.5 Å². The molecule has 0 fully saturated rings. The molecule has 1 aliphatic rings. The van der Waals surface area contributed by atoms with E-state index in [1.807, 2.05) is 18.0 Å². The fraction of sp³-hybridized carbons (Fsp3) is 0.318. The van der Waals surface area contributed by atoms with Gasteiger partial charge < -0.3 is 9.47 Å². The van der Waals surface area contributed by atoms with Crippen molar-refractivity contribution in [3.8, 4) is 11.4 Å². The molecule has 7 heteroatoms. The van der Waals surface area contributed by atoms with Gasteiger partial charge in [-0.2, -0.15) is 0 Å². The van der Waals surface area contributed by atoms with E-state index in [1.54, 1.807) is 29.8 Å². The summed E-state index contributed by atoms with van der Waals surface area (Å²) in [5.41, 5.74) is 2.98. The Balaban J connectivity index is 1.45. The van der Waals surface area contributed by atoms with Crippen molar-refractivity contribution >= 4 is 17.7 Å². The van der Waals surface area contributed by atoms with Crippen LogP contribution in [0.1, 0.15) is 30.0 Å². The average molecular weight is 411 g/mol. The first-order chi connectivity index (χ1) is 14.1. The second kappa shape index (κ2) is 8.37. The number of nitrogens with zero attached hydrogens (tertiary/aromatic N) is 4. The number of aromatic nitrogens is 3. The lowest BCUT2D eigenvalue weighted by Gasteiger charge is -2.33. The van der Waals surface area contributed by atoms with Crippen LogP contribution >= 0.6 is 11.8 Å². The van der Waals surface area contributed by atoms with Crippen LogP contribution in [-0.4, -0.2) is 38.4 Å². The molecule has 1 heterocycles. The number of aryl methyl sites for hydroxylation is 1. The van der Waals surface area contributed by atoms with E-state index >= 15 is 0 Å². The smallest absolute Gasteiger partial charge is 0.233 e. The molecule has 1 unspecified atom stereocenters. The molecule has 0 aliphatic heterocycles. The molecule has 0 bridgehead atoms. The summed E-state index contributed by atoms with van der Waals surface area (Å²) in [7, 11) is 3.66. The number of hydrogen-bond donors (Lipinski definition) is 0. The number of carbonyl (C=O) groups is 1. The lowest BCUT2D eigenvalue weighted by Crippen LogP contribution is -2.34. The predicted molar refractivity (Wildman–Crippen MR) is 112 cm³/mol. The monoisotopic (exact) mass is 410 g/mol. The van der Waals surface area contributed by atoms with Crippen molar-refractivity contribution < 1.29 is 9.18 Å². The summed E-state index contributed by atoms with van der Waals surface area (Å²) in [5, 5.41) is 8.86. The second-order valence-electron chi connectivity index (χ2n) is 7.25. The molecule has 1 atom stereocenters. The number of hydrogen-bond acceptors (Lipinski definition) is 4. The van der Waals surface area contributed by atoms with Gasteiger partial charge >= 0.3 is 0 Å². The van der Waals surface area contributed by atoms with E-state index in [9.17, 15) is 9.18 Å². The Bertz CT molecular complexity index is 1040. The van der Waals surface area contributed by atoms with E-state index in [1.165, 1.54) is 29.0 Å². The molecule has 2 aromatic carbocycles. The lowest BCUT2D eigenvalue weighted by atomic mass is 9.87. The van der Waals surface area contributed by atoms with Gasteiger partial charge in [0, 0.05) is 14.1 Å². The van der Waals surface area contributed by atoms with Crippen molar-refractivity contribution in [3.63, 3.8) is 0 Å². The van der Waals surface area contributed by atoms with Crippen molar-refractivity contribution in [2.75, 3.05) is 12.8 Å². The van der Waals surface area contributed by atoms with Crippen LogP contribution in [0.3, 0.4) is 0 Å². The quantitative estimate of drug-likeness (QED) is 0.590. The molecule has 1 aromatic heterocycles. The summed E-state index contributed by atoms with van der Waals surface area (Å²) in [4.78, 5) is 14.7. The molecule has 0 saturated carbocycles. The van der Waals surface area contributed by atoms with Crippen LogP contribution in [-0.2, 0) is 18.3 Å². The van der Waals surface area contributed by atoms with E-state index in [-0.39, 0.29) is 23.5 Å². The van der Waals surface area contributed by atoms with Crippen LogP contribution in [0, 0.1) is 5.82 Å². The summed E-state index contributed by atoms with van der Waals surface area (Å²) < 4.78 is 15.8. The number of thioether (sulfide) groups is 1. The zero-order chi connectivity index (χ0) is 20.4. The largest absolute Gasteiger partial charge is 0.338 e. The molecule has 0 saturated heterocycles. The maximum Gasteiger partial charge on any atom is 0.233 e. The van der Waals surface area contributed by atoms with Crippen LogP contribution in [0.25, 0.3) is 11.4 Å². The summed E-state index contributed by atoms with van der Waals surface area (Å²) >= 11 is 1.33. The highest BCUT2D eigenvalue weighted by Crippen LogP contribution is 2.34. The first-order valence-corrected chi connectivity index (χ1v) is 10.7. The van der Waals surface area contributed by atoms with Gasteiger partial charge in [0.05, 0.1) is 17.4 Å². The second-order valence-corrected chi connectivity index (χ2v) is 8.19. The molecule has 1 aliphatic carbocycles. The number of halogens is 1. The third-order valence-electron chi connectivity index (χ3n) is 5.47. The standard InChI is InChI=1S/C22H23FN4OS/c1-26(19-13-7-9-15-8-3-4-10-16(15)19)20(28)14-29-22-25-24-21(27(22)2)17-11-5-6-12-18(17)23/h3-6,8,10-12,19H,7,9,13-14H2,1-2H3. The van der Waals surface area contributed by atoms with Crippen molar-refractivity contribution in [1.82, 2.24) is 19.7 Å². The van der Waals surface area contributed by atoms with Crippen LogP contribution in [0.5, 0.6) is 0 Å². The van der Waals surface area contributed by atoms with Gasteiger partial charge in [0.25, 0.3) is 0 Å². The zero-order valence-corrected chi connectivity index (χ0v) is 17.3. The fourth-order valence-electron chi connectivity index (χ4n) is 3.85. The van der Waals surface area contributed by atoms with Gasteiger partial charge in [-0.1, -0.05) is 48.2 Å². The molecule has 1 amide bonds. The topological polar surface area (TPSA) is 51.0 Å². The number of rotatable bonds is 5. The molecule has 3 aromatic rings. The van der Waals surface area contributed by atoms with Crippen LogP contribution in [0.2, 0.25) is 0 Å². The average Bonchev–Trinajstić information content (AvgIpc) is 3.11. The van der Waals surface area contributed by atoms with E-state index in [4.69, 9.17) is 0 Å². The Morgan fingerprint density at radius 3 is 2.79 bits per heavy atom. The number of carbonyl (C=O) groups excluding carboxylic acids is 1. The molecule has 4 rings (SSSR count). The van der Waals surface area contributed by atoms with Gasteiger partial charge in [-0.25, -0.2) is 4.39 Å². The molecular formula is C22H23FN4OS. The summed E-state index contributed by atoms with van der Waals surface area (Å²) in [6.07, 6.45) is 3.13. The van der Waals surface area contributed by atoms with E-state index in [0.717, 1.165) is 19.3 Å². The molecule has 5 nitrogen and oxygen atoms in total. The Morgan fingerprint density at radius 2 is 1.97 bits per heavy atom. The highest BCUT2D eigenvalue weighted by molar-refractivity contribution is 7.99. The highest BCUT2D eigenvalue weighted by Gasteiger charge is 2.26. The Hall–Kier alpha value is -2.67. The first kappa shape index (κ1) is 19.6. The van der Waals surface area contributed by atoms with E-state index in [2.05, 4.69) is 28.4 Å². The third-order valence-corrected chi connectivity index (χ3v) is 6.48. The Morgan fingerprint density at radius 1 is 1.21 bits per heavy atom. The highest BCUT2D eigenvalue weighted by atomic mass is 32.2. The van der Waals surface area contributed by atoms with Crippen LogP contribution in [0.4, 0.5) is 4.39 Å². The zero-order valence-electron chi connectivity index (χ0n) is 16.5. The number of benzene rings is 2. The Kier molecular flexibility index (Phi) is 5.67. The lowest BCUT2D eigenvalue weighted by molar-refractivity contribution is -0.129. The molecule has 150 valence electrons. The number of fused-ring (bicyclic) bond motifs is 1. The van der Waals surface area contributed by atoms with Gasteiger partial charge in [-0.15, -0.1) is 10.2 Å². The molecule has 0 spiro atoms. The first-order valence-electron chi connectivity index (χ1n) is 9.67. The van der Waals surface area contributed by atoms with Gasteiger partial charge in [0.2, 0.25) is 5.91 Å². The van der Waals surface area contributed by atoms with E-state index in [0.29, 0.717) is 16.5 Å². The molecule has 0 radical (unpaired) electrons. The Labute approximate surface area is 173 Å². The molecule has 29 heavy (non-hydrogen) atoms. The summed E-state index contributed by atoms with van der Waals surface area (Å²) in [6, 6.07) is 15.0. The SMILES string of the molecule is CN(C(=O)CSc1nnc(-c2ccccc2F)n1C)C1CCCc2ccccc21. The normalized spacial score (nSPS) is 15.8. The van der Waals surface area contributed by atoms with Gasteiger partial charge in [-0.05, 0) is 42.5 Å². The molecular weight excluding hydrogens is 387 g/mol. The maximum absolute atomic E-state index is 14.1. The van der Waals surface area contributed by atoms with Crippen LogP contribution < -0.4 is 0 Å². The maximum atomic E-state index is 14.1. The molecule has 0 N–H and O–H groups in total. The minimum absolute atomic E-state index is 0.0483. The number of amides is 1. The summed E-state index contributed by atoms with van der Waals surface area (Å²) in [6.45, 7) is 0. The van der Waals surface area contributed by atoms with Crippen LogP contribution in [0.15, 0.2) is 53.7 Å². The van der Waals surface area contributed by atoms with Crippen molar-refractivity contribution in [2.45, 2.75) is 30.5 Å².